The van der Waals surface area contributed by atoms with Crippen LogP contribution in [-0.2, 0) is 4.79 Å². The highest BCUT2D eigenvalue weighted by atomic mass is 35.5. The molecule has 0 atom stereocenters. The van der Waals surface area contributed by atoms with Crippen LogP contribution in [0.25, 0.3) is 0 Å². The maximum absolute atomic E-state index is 12.7. The van der Waals surface area contributed by atoms with Gasteiger partial charge in [-0.15, -0.1) is 0 Å². The van der Waals surface area contributed by atoms with Crippen molar-refractivity contribution in [3.05, 3.63) is 47.0 Å². The molecule has 6 nitrogen and oxygen atoms in total. The van der Waals surface area contributed by atoms with Crippen molar-refractivity contribution in [2.45, 2.75) is 12.8 Å². The quantitative estimate of drug-likeness (QED) is 0.865. The fraction of sp³-hybridized carbons (Fsp3) is 0.263. The maximum atomic E-state index is 12.7. The van der Waals surface area contributed by atoms with Gasteiger partial charge in [0.05, 0.1) is 30.6 Å². The van der Waals surface area contributed by atoms with E-state index in [2.05, 4.69) is 5.32 Å². The molecule has 0 saturated carbocycles. The van der Waals surface area contributed by atoms with E-state index in [0.717, 1.165) is 6.42 Å². The molecule has 0 spiro atoms. The van der Waals surface area contributed by atoms with E-state index in [0.29, 0.717) is 46.4 Å². The molecule has 1 heterocycles. The minimum Gasteiger partial charge on any atom is -0.497 e. The number of rotatable bonds is 5. The number of hydrogen-bond acceptors (Lipinski definition) is 4. The van der Waals surface area contributed by atoms with Gasteiger partial charge in [0.25, 0.3) is 5.91 Å². The number of methoxy groups -OCH3 is 2. The Kier molecular flexibility index (Phi) is 5.32. The summed E-state index contributed by atoms with van der Waals surface area (Å²) in [5, 5.41) is 3.25. The summed E-state index contributed by atoms with van der Waals surface area (Å²) in [4.78, 5) is 26.3. The van der Waals surface area contributed by atoms with E-state index >= 15 is 0 Å². The van der Waals surface area contributed by atoms with E-state index in [1.165, 1.54) is 7.11 Å². The molecule has 1 N–H and O–H groups in total. The van der Waals surface area contributed by atoms with Crippen LogP contribution in [0.1, 0.15) is 23.2 Å². The molecule has 2 aromatic carbocycles. The zero-order valence-electron chi connectivity index (χ0n) is 14.5. The number of amides is 2. The van der Waals surface area contributed by atoms with Gasteiger partial charge in [0.15, 0.2) is 0 Å². The van der Waals surface area contributed by atoms with Crippen LogP contribution in [0.2, 0.25) is 5.02 Å². The number of benzene rings is 2. The summed E-state index contributed by atoms with van der Waals surface area (Å²) in [6.07, 6.45) is 1.28. The topological polar surface area (TPSA) is 67.9 Å². The largest absolute Gasteiger partial charge is 0.497 e. The van der Waals surface area contributed by atoms with Crippen molar-refractivity contribution in [1.29, 1.82) is 0 Å². The lowest BCUT2D eigenvalue weighted by Gasteiger charge is -2.18. The van der Waals surface area contributed by atoms with Gasteiger partial charge < -0.3 is 19.7 Å². The van der Waals surface area contributed by atoms with Crippen LogP contribution in [0.5, 0.6) is 11.5 Å². The molecule has 2 aromatic rings. The Morgan fingerprint density at radius 3 is 2.62 bits per heavy atom. The molecule has 2 amide bonds. The Morgan fingerprint density at radius 1 is 1.15 bits per heavy atom. The number of halogens is 1. The minimum absolute atomic E-state index is 0.0151. The van der Waals surface area contributed by atoms with E-state index in [9.17, 15) is 9.59 Å². The average molecular weight is 375 g/mol. The van der Waals surface area contributed by atoms with Gasteiger partial charge in [0.1, 0.15) is 11.5 Å². The molecule has 0 aliphatic carbocycles. The van der Waals surface area contributed by atoms with Crippen LogP contribution in [-0.4, -0.2) is 32.6 Å². The van der Waals surface area contributed by atoms with Gasteiger partial charge >= 0.3 is 0 Å². The third-order valence-corrected chi connectivity index (χ3v) is 4.55. The molecule has 1 saturated heterocycles. The number of anilines is 2. The van der Waals surface area contributed by atoms with Gasteiger partial charge in [-0.2, -0.15) is 0 Å². The SMILES string of the molecule is COc1ccc(NC(=O)c2ccc(Cl)c(N3CCCC3=O)c2)c(OC)c1. The summed E-state index contributed by atoms with van der Waals surface area (Å²) in [5.74, 6) is 0.807. The predicted octanol–water partition coefficient (Wildman–Crippen LogP) is 3.74. The highest BCUT2D eigenvalue weighted by Crippen LogP contribution is 2.32. The summed E-state index contributed by atoms with van der Waals surface area (Å²) in [5.41, 5.74) is 1.48. The summed E-state index contributed by atoms with van der Waals surface area (Å²) in [6, 6.07) is 10.0. The van der Waals surface area contributed by atoms with Gasteiger partial charge in [-0.05, 0) is 36.8 Å². The van der Waals surface area contributed by atoms with E-state index in [1.807, 2.05) is 0 Å². The van der Waals surface area contributed by atoms with Crippen molar-refractivity contribution in [2.24, 2.45) is 0 Å². The van der Waals surface area contributed by atoms with Crippen molar-refractivity contribution < 1.29 is 19.1 Å². The monoisotopic (exact) mass is 374 g/mol. The van der Waals surface area contributed by atoms with Crippen molar-refractivity contribution in [2.75, 3.05) is 31.0 Å². The Balaban J connectivity index is 1.86. The molecular weight excluding hydrogens is 356 g/mol. The lowest BCUT2D eigenvalue weighted by Crippen LogP contribution is -2.24. The van der Waals surface area contributed by atoms with Crippen molar-refractivity contribution in [3.8, 4) is 11.5 Å². The smallest absolute Gasteiger partial charge is 0.255 e. The van der Waals surface area contributed by atoms with Gasteiger partial charge in [-0.1, -0.05) is 11.6 Å². The van der Waals surface area contributed by atoms with Crippen molar-refractivity contribution in [3.63, 3.8) is 0 Å². The zero-order chi connectivity index (χ0) is 18.7. The van der Waals surface area contributed by atoms with Crippen LogP contribution in [0, 0.1) is 0 Å². The minimum atomic E-state index is -0.321. The van der Waals surface area contributed by atoms with E-state index in [4.69, 9.17) is 21.1 Å². The third-order valence-electron chi connectivity index (χ3n) is 4.23. The second-order valence-corrected chi connectivity index (χ2v) is 6.24. The first kappa shape index (κ1) is 18.1. The number of carbonyl (C=O) groups excluding carboxylic acids is 2. The molecule has 3 rings (SSSR count). The number of nitrogens with one attached hydrogen (secondary N) is 1. The standard InChI is InChI=1S/C19H19ClN2O4/c1-25-13-6-8-15(17(11-13)26-2)21-19(24)12-5-7-14(20)16(10-12)22-9-3-4-18(22)23/h5-8,10-11H,3-4,9H2,1-2H3,(H,21,24). The highest BCUT2D eigenvalue weighted by molar-refractivity contribution is 6.34. The first-order valence-electron chi connectivity index (χ1n) is 8.17. The molecule has 0 unspecified atom stereocenters. The van der Waals surface area contributed by atoms with Crippen LogP contribution in [0.15, 0.2) is 36.4 Å². The van der Waals surface area contributed by atoms with Gasteiger partial charge in [-0.25, -0.2) is 0 Å². The second kappa shape index (κ2) is 7.66. The molecule has 1 aliphatic rings. The Hall–Kier alpha value is -2.73. The van der Waals surface area contributed by atoms with Crippen molar-refractivity contribution in [1.82, 2.24) is 0 Å². The van der Waals surface area contributed by atoms with Crippen molar-refractivity contribution >= 4 is 34.8 Å². The van der Waals surface area contributed by atoms with Crippen LogP contribution < -0.4 is 19.7 Å². The maximum Gasteiger partial charge on any atom is 0.255 e. The lowest BCUT2D eigenvalue weighted by atomic mass is 10.1. The average Bonchev–Trinajstić information content (AvgIpc) is 3.08. The molecule has 1 fully saturated rings. The second-order valence-electron chi connectivity index (χ2n) is 5.84. The molecule has 0 aromatic heterocycles. The molecule has 1 aliphatic heterocycles. The van der Waals surface area contributed by atoms with Crippen LogP contribution in [0.3, 0.4) is 0 Å². The molecule has 136 valence electrons. The van der Waals surface area contributed by atoms with Crippen LogP contribution >= 0.6 is 11.6 Å². The van der Waals surface area contributed by atoms with E-state index < -0.39 is 0 Å². The number of carbonyl (C=O) groups is 2. The first-order valence-corrected chi connectivity index (χ1v) is 8.54. The third kappa shape index (κ3) is 3.60. The van der Waals surface area contributed by atoms with Gasteiger partial charge in [0, 0.05) is 24.6 Å². The summed E-state index contributed by atoms with van der Waals surface area (Å²) >= 11 is 6.23. The zero-order valence-corrected chi connectivity index (χ0v) is 15.3. The summed E-state index contributed by atoms with van der Waals surface area (Å²) in [7, 11) is 3.08. The summed E-state index contributed by atoms with van der Waals surface area (Å²) in [6.45, 7) is 0.607. The fourth-order valence-electron chi connectivity index (χ4n) is 2.86. The molecular formula is C19H19ClN2O4. The predicted molar refractivity (Wildman–Crippen MR) is 101 cm³/mol. The Bertz CT molecular complexity index is 853. The number of hydrogen-bond donors (Lipinski definition) is 1. The first-order chi connectivity index (χ1) is 12.5. The Morgan fingerprint density at radius 2 is 1.96 bits per heavy atom. The Labute approximate surface area is 156 Å². The van der Waals surface area contributed by atoms with E-state index in [1.54, 1.807) is 48.4 Å². The van der Waals surface area contributed by atoms with Gasteiger partial charge in [0.2, 0.25) is 5.91 Å². The van der Waals surface area contributed by atoms with Gasteiger partial charge in [-0.3, -0.25) is 9.59 Å². The summed E-state index contributed by atoms with van der Waals surface area (Å²) < 4.78 is 10.4. The lowest BCUT2D eigenvalue weighted by molar-refractivity contribution is -0.117. The molecule has 26 heavy (non-hydrogen) atoms. The molecule has 0 radical (unpaired) electrons. The molecule has 7 heteroatoms. The number of ether oxygens (including phenoxy) is 2. The number of nitrogens with zero attached hydrogens (tertiary/aromatic N) is 1. The van der Waals surface area contributed by atoms with E-state index in [-0.39, 0.29) is 11.8 Å². The highest BCUT2D eigenvalue weighted by Gasteiger charge is 2.24. The molecule has 0 bridgehead atoms. The van der Waals surface area contributed by atoms with Crippen LogP contribution in [0.4, 0.5) is 11.4 Å². The normalized spacial score (nSPS) is 13.7. The fourth-order valence-corrected chi connectivity index (χ4v) is 3.08.